The van der Waals surface area contributed by atoms with Crippen LogP contribution in [-0.2, 0) is 9.53 Å². The zero-order valence-corrected chi connectivity index (χ0v) is 15.9. The van der Waals surface area contributed by atoms with Gasteiger partial charge in [-0.05, 0) is 52.3 Å². The number of carbonyl (C=O) groups is 4. The van der Waals surface area contributed by atoms with Crippen molar-refractivity contribution in [3.63, 3.8) is 0 Å². The fourth-order valence-electron chi connectivity index (χ4n) is 2.82. The van der Waals surface area contributed by atoms with E-state index >= 15 is 0 Å². The smallest absolute Gasteiger partial charge is 0.355 e. The molecule has 1 heterocycles. The number of hydrogen-bond acceptors (Lipinski definition) is 5. The first kappa shape index (κ1) is 20.1. The molecule has 2 aromatic rings. The SMILES string of the molecule is CC(=O)c1cccc(NC(=O)[C@H](C)OC(=O)c2[nH]c(C)c(C(C)=O)c2C)c1. The number of hydrogen-bond donors (Lipinski definition) is 2. The maximum absolute atomic E-state index is 12.4. The van der Waals surface area contributed by atoms with E-state index in [4.69, 9.17) is 4.74 Å². The molecule has 1 aromatic carbocycles. The van der Waals surface area contributed by atoms with Gasteiger partial charge in [-0.15, -0.1) is 0 Å². The Morgan fingerprint density at radius 1 is 1.07 bits per heavy atom. The second kappa shape index (κ2) is 7.99. The van der Waals surface area contributed by atoms with Gasteiger partial charge < -0.3 is 15.0 Å². The number of ether oxygens (including phenoxy) is 1. The lowest BCUT2D eigenvalue weighted by molar-refractivity contribution is -0.123. The summed E-state index contributed by atoms with van der Waals surface area (Å²) in [5, 5.41) is 2.61. The van der Waals surface area contributed by atoms with Crippen molar-refractivity contribution in [3.8, 4) is 0 Å². The second-order valence-electron chi connectivity index (χ2n) is 6.35. The van der Waals surface area contributed by atoms with Crippen molar-refractivity contribution >= 4 is 29.1 Å². The Kier molecular flexibility index (Phi) is 5.95. The van der Waals surface area contributed by atoms with Crippen LogP contribution in [0.3, 0.4) is 0 Å². The number of benzene rings is 1. The highest BCUT2D eigenvalue weighted by Crippen LogP contribution is 2.20. The Morgan fingerprint density at radius 3 is 2.30 bits per heavy atom. The van der Waals surface area contributed by atoms with Gasteiger partial charge in [-0.2, -0.15) is 0 Å². The van der Waals surface area contributed by atoms with E-state index in [0.717, 1.165) is 0 Å². The van der Waals surface area contributed by atoms with Gasteiger partial charge in [-0.3, -0.25) is 14.4 Å². The van der Waals surface area contributed by atoms with Crippen LogP contribution >= 0.6 is 0 Å². The van der Waals surface area contributed by atoms with E-state index in [1.54, 1.807) is 38.1 Å². The summed E-state index contributed by atoms with van der Waals surface area (Å²) in [6.45, 7) is 7.64. The highest BCUT2D eigenvalue weighted by molar-refractivity contribution is 6.02. The molecule has 0 spiro atoms. The van der Waals surface area contributed by atoms with Crippen LogP contribution in [0.2, 0.25) is 0 Å². The molecule has 2 N–H and O–H groups in total. The van der Waals surface area contributed by atoms with Gasteiger partial charge in [0.2, 0.25) is 0 Å². The summed E-state index contributed by atoms with van der Waals surface area (Å²) in [6, 6.07) is 6.48. The number of Topliss-reactive ketones (excluding diaryl/α,β-unsaturated/α-hetero) is 2. The maximum atomic E-state index is 12.4. The average Bonchev–Trinajstić information content (AvgIpc) is 2.89. The van der Waals surface area contributed by atoms with Crippen LogP contribution in [0.15, 0.2) is 24.3 Å². The van der Waals surface area contributed by atoms with E-state index < -0.39 is 18.0 Å². The molecule has 0 saturated heterocycles. The number of rotatable bonds is 6. The summed E-state index contributed by atoms with van der Waals surface area (Å²) in [5.74, 6) is -1.53. The molecule has 0 radical (unpaired) electrons. The molecule has 1 amide bonds. The largest absolute Gasteiger partial charge is 0.448 e. The fraction of sp³-hybridized carbons (Fsp3) is 0.300. The molecule has 1 aromatic heterocycles. The minimum absolute atomic E-state index is 0.121. The number of aryl methyl sites for hydroxylation is 1. The number of amides is 1. The molecule has 7 nitrogen and oxygen atoms in total. The van der Waals surface area contributed by atoms with Gasteiger partial charge in [0.05, 0.1) is 0 Å². The summed E-state index contributed by atoms with van der Waals surface area (Å²) in [4.78, 5) is 50.6. The molecule has 0 fully saturated rings. The standard InChI is InChI=1S/C20H22N2O5/c1-10-17(13(4)24)11(2)21-18(10)20(26)27-14(5)19(25)22-16-8-6-7-15(9-16)12(3)23/h6-9,14,21H,1-5H3,(H,22,25)/t14-/m0/s1. The quantitative estimate of drug-likeness (QED) is 0.600. The number of anilines is 1. The monoisotopic (exact) mass is 370 g/mol. The molecule has 0 bridgehead atoms. The summed E-state index contributed by atoms with van der Waals surface area (Å²) in [5.41, 5.74) is 2.56. The van der Waals surface area contributed by atoms with Crippen LogP contribution in [0.5, 0.6) is 0 Å². The lowest BCUT2D eigenvalue weighted by Gasteiger charge is -2.14. The van der Waals surface area contributed by atoms with Gasteiger partial charge in [0.25, 0.3) is 5.91 Å². The Morgan fingerprint density at radius 2 is 1.74 bits per heavy atom. The van der Waals surface area contributed by atoms with Crippen molar-refractivity contribution in [3.05, 3.63) is 52.3 Å². The van der Waals surface area contributed by atoms with E-state index in [1.807, 2.05) is 0 Å². The topological polar surface area (TPSA) is 105 Å². The molecule has 0 saturated carbocycles. The number of ketones is 2. The van der Waals surface area contributed by atoms with Crippen molar-refractivity contribution in [2.75, 3.05) is 5.32 Å². The third kappa shape index (κ3) is 4.49. The minimum atomic E-state index is -1.07. The van der Waals surface area contributed by atoms with E-state index in [-0.39, 0.29) is 17.3 Å². The molecule has 0 aliphatic carbocycles. The number of aromatic nitrogens is 1. The number of esters is 1. The Hall–Kier alpha value is -3.22. The minimum Gasteiger partial charge on any atom is -0.448 e. The summed E-state index contributed by atoms with van der Waals surface area (Å²) < 4.78 is 5.22. The molecule has 0 unspecified atom stereocenters. The third-order valence-electron chi connectivity index (χ3n) is 4.18. The highest BCUT2D eigenvalue weighted by atomic mass is 16.5. The number of aromatic amines is 1. The van der Waals surface area contributed by atoms with Gasteiger partial charge >= 0.3 is 5.97 Å². The third-order valence-corrected chi connectivity index (χ3v) is 4.18. The molecular formula is C20H22N2O5. The van der Waals surface area contributed by atoms with E-state index in [2.05, 4.69) is 10.3 Å². The van der Waals surface area contributed by atoms with Crippen LogP contribution in [0.4, 0.5) is 5.69 Å². The van der Waals surface area contributed by atoms with Crippen molar-refractivity contribution in [1.29, 1.82) is 0 Å². The maximum Gasteiger partial charge on any atom is 0.355 e. The molecule has 1 atom stereocenters. The first-order valence-corrected chi connectivity index (χ1v) is 8.44. The second-order valence-corrected chi connectivity index (χ2v) is 6.35. The Bertz CT molecular complexity index is 926. The molecular weight excluding hydrogens is 348 g/mol. The Labute approximate surface area is 157 Å². The molecule has 0 aliphatic heterocycles. The highest BCUT2D eigenvalue weighted by Gasteiger charge is 2.24. The summed E-state index contributed by atoms with van der Waals surface area (Å²) in [6.07, 6.45) is -1.07. The fourth-order valence-corrected chi connectivity index (χ4v) is 2.82. The zero-order chi connectivity index (χ0) is 20.3. The lowest BCUT2D eigenvalue weighted by atomic mass is 10.1. The Balaban J connectivity index is 2.09. The van der Waals surface area contributed by atoms with Crippen molar-refractivity contribution in [2.45, 2.75) is 40.7 Å². The van der Waals surface area contributed by atoms with Crippen LogP contribution < -0.4 is 5.32 Å². The van der Waals surface area contributed by atoms with Crippen molar-refractivity contribution < 1.29 is 23.9 Å². The van der Waals surface area contributed by atoms with E-state index in [0.29, 0.717) is 28.1 Å². The molecule has 2 rings (SSSR count). The van der Waals surface area contributed by atoms with Crippen molar-refractivity contribution in [1.82, 2.24) is 4.98 Å². The first-order chi connectivity index (χ1) is 12.6. The lowest BCUT2D eigenvalue weighted by Crippen LogP contribution is -2.30. The molecule has 0 aliphatic rings. The van der Waals surface area contributed by atoms with Crippen LogP contribution in [0.25, 0.3) is 0 Å². The first-order valence-electron chi connectivity index (χ1n) is 8.44. The number of H-pyrrole nitrogens is 1. The van der Waals surface area contributed by atoms with Gasteiger partial charge in [0.15, 0.2) is 17.7 Å². The van der Waals surface area contributed by atoms with Gasteiger partial charge in [-0.25, -0.2) is 4.79 Å². The van der Waals surface area contributed by atoms with E-state index in [1.165, 1.54) is 20.8 Å². The number of nitrogens with one attached hydrogen (secondary N) is 2. The van der Waals surface area contributed by atoms with Crippen LogP contribution in [0.1, 0.15) is 63.2 Å². The summed E-state index contributed by atoms with van der Waals surface area (Å²) >= 11 is 0. The molecule has 7 heteroatoms. The van der Waals surface area contributed by atoms with Crippen LogP contribution in [-0.4, -0.2) is 34.5 Å². The zero-order valence-electron chi connectivity index (χ0n) is 15.9. The van der Waals surface area contributed by atoms with Crippen molar-refractivity contribution in [2.24, 2.45) is 0 Å². The molecule has 27 heavy (non-hydrogen) atoms. The van der Waals surface area contributed by atoms with Gasteiger partial charge in [0.1, 0.15) is 5.69 Å². The normalized spacial score (nSPS) is 11.6. The average molecular weight is 370 g/mol. The van der Waals surface area contributed by atoms with Crippen LogP contribution in [0, 0.1) is 13.8 Å². The van der Waals surface area contributed by atoms with Gasteiger partial charge in [0, 0.05) is 22.5 Å². The molecule has 142 valence electrons. The summed E-state index contributed by atoms with van der Waals surface area (Å²) in [7, 11) is 0. The van der Waals surface area contributed by atoms with Gasteiger partial charge in [-0.1, -0.05) is 12.1 Å². The van der Waals surface area contributed by atoms with E-state index in [9.17, 15) is 19.2 Å². The predicted octanol–water partition coefficient (Wildman–Crippen LogP) is 3.22. The number of carbonyl (C=O) groups excluding carboxylic acids is 4. The predicted molar refractivity (Wildman–Crippen MR) is 100 cm³/mol.